The van der Waals surface area contributed by atoms with Crippen LogP contribution < -0.4 is 19.6 Å². The maximum absolute atomic E-state index is 2.53. The first kappa shape index (κ1) is 86.4. The number of nitrogens with zero attached hydrogens (tertiary/aromatic N) is 4. The van der Waals surface area contributed by atoms with Crippen molar-refractivity contribution in [1.82, 2.24) is 0 Å². The lowest BCUT2D eigenvalue weighted by molar-refractivity contribution is 1.29. The van der Waals surface area contributed by atoms with Crippen molar-refractivity contribution in [3.8, 4) is 89.0 Å². The summed E-state index contributed by atoms with van der Waals surface area (Å²) in [6, 6.07) is 213. The molecule has 690 valence electrons. The van der Waals surface area contributed by atoms with Gasteiger partial charge in [0.2, 0.25) is 0 Å². The zero-order valence-electron chi connectivity index (χ0n) is 81.1. The lowest BCUT2D eigenvalue weighted by Crippen LogP contribution is -2.10. The average molecular weight is 1880 g/mol. The minimum atomic E-state index is 1.06. The molecular weight excluding hydrogens is 1790 g/mol. The van der Waals surface area contributed by atoms with Crippen molar-refractivity contribution in [2.45, 2.75) is 0 Å². The fourth-order valence-electron chi connectivity index (χ4n) is 23.2. The maximum Gasteiger partial charge on any atom is 0.0468 e. The summed E-state index contributed by atoms with van der Waals surface area (Å²) < 4.78 is 0. The molecule has 0 aliphatic rings. The van der Waals surface area contributed by atoms with E-state index >= 15 is 0 Å². The smallest absolute Gasteiger partial charge is 0.0468 e. The number of benzene rings is 28. The van der Waals surface area contributed by atoms with Gasteiger partial charge in [-0.25, -0.2) is 0 Å². The van der Waals surface area contributed by atoms with Crippen LogP contribution in [0.3, 0.4) is 0 Å². The fraction of sp³-hybridized carbons (Fsp3) is 0. The summed E-state index contributed by atoms with van der Waals surface area (Å²) in [4.78, 5) is 9.64. The quantitative estimate of drug-likeness (QED) is 0.0705. The van der Waals surface area contributed by atoms with E-state index in [1.807, 2.05) is 0 Å². The number of hydrogen-bond acceptors (Lipinski definition) is 4. The van der Waals surface area contributed by atoms with Crippen molar-refractivity contribution in [2.24, 2.45) is 0 Å². The molecule has 28 aromatic carbocycles. The van der Waals surface area contributed by atoms with Crippen LogP contribution in [0.5, 0.6) is 0 Å². The number of fused-ring (bicyclic) bond motifs is 8. The van der Waals surface area contributed by atoms with Crippen molar-refractivity contribution >= 4 is 187 Å². The van der Waals surface area contributed by atoms with Gasteiger partial charge in [0.25, 0.3) is 0 Å². The normalized spacial score (nSPS) is 11.6. The lowest BCUT2D eigenvalue weighted by Gasteiger charge is -2.27. The lowest BCUT2D eigenvalue weighted by atomic mass is 9.79. The highest BCUT2D eigenvalue weighted by atomic mass is 15.2. The van der Waals surface area contributed by atoms with Crippen molar-refractivity contribution in [3.05, 3.63) is 570 Å². The molecule has 28 rings (SSSR count). The second-order valence-electron chi connectivity index (χ2n) is 39.0. The van der Waals surface area contributed by atoms with Crippen LogP contribution in [0.25, 0.3) is 208 Å². The summed E-state index contributed by atoms with van der Waals surface area (Å²) in [6.07, 6.45) is 0. The van der Waals surface area contributed by atoms with E-state index in [1.54, 1.807) is 0 Å². The first-order valence-electron chi connectivity index (χ1n) is 51.0. The van der Waals surface area contributed by atoms with E-state index in [4.69, 9.17) is 0 Å². The second kappa shape index (κ2) is 36.5. The average Bonchev–Trinajstić information content (AvgIpc) is 0.698. The number of anilines is 12. The second-order valence-corrected chi connectivity index (χ2v) is 39.0. The molecule has 28 aromatic rings. The summed E-state index contributed by atoms with van der Waals surface area (Å²) in [5.74, 6) is 0. The number of hydrogen-bond donors (Lipinski definition) is 0. The summed E-state index contributed by atoms with van der Waals surface area (Å²) in [6.45, 7) is 0. The molecule has 0 fully saturated rings. The van der Waals surface area contributed by atoms with Crippen LogP contribution in [0, 0.1) is 0 Å². The molecule has 0 amide bonds. The van der Waals surface area contributed by atoms with Gasteiger partial charge in [0, 0.05) is 68.2 Å². The molecule has 0 aromatic heterocycles. The first-order valence-corrected chi connectivity index (χ1v) is 51.0. The zero-order chi connectivity index (χ0) is 97.6. The van der Waals surface area contributed by atoms with Crippen molar-refractivity contribution in [3.63, 3.8) is 0 Å². The molecule has 4 heteroatoms. The van der Waals surface area contributed by atoms with Crippen LogP contribution in [-0.2, 0) is 0 Å². The minimum Gasteiger partial charge on any atom is -0.310 e. The van der Waals surface area contributed by atoms with Crippen LogP contribution in [0.1, 0.15) is 0 Å². The Morgan fingerprint density at radius 2 is 0.223 bits per heavy atom. The summed E-state index contributed by atoms with van der Waals surface area (Å²) in [5.41, 5.74) is 30.9. The number of rotatable bonds is 20. The van der Waals surface area contributed by atoms with Crippen LogP contribution in [-0.4, -0.2) is 0 Å². The molecular formula is C144H94N4. The van der Waals surface area contributed by atoms with E-state index in [-0.39, 0.29) is 0 Å². The Bertz CT molecular complexity index is 8620. The van der Waals surface area contributed by atoms with Crippen molar-refractivity contribution < 1.29 is 0 Å². The Morgan fingerprint density at radius 3 is 0.385 bits per heavy atom. The maximum atomic E-state index is 2.53. The van der Waals surface area contributed by atoms with E-state index < -0.39 is 0 Å². The predicted molar refractivity (Wildman–Crippen MR) is 632 cm³/mol. The third-order valence-corrected chi connectivity index (χ3v) is 30.4. The van der Waals surface area contributed by atoms with Gasteiger partial charge in [-0.2, -0.15) is 0 Å². The van der Waals surface area contributed by atoms with Gasteiger partial charge in [-0.3, -0.25) is 0 Å². The highest BCUT2D eigenvalue weighted by Gasteiger charge is 2.29. The fourth-order valence-corrected chi connectivity index (χ4v) is 23.2. The zero-order valence-corrected chi connectivity index (χ0v) is 81.1. The molecule has 0 atom stereocenters. The van der Waals surface area contributed by atoms with E-state index in [1.165, 1.54) is 97.0 Å². The standard InChI is InChI=1S/C144H94N4/c1-9-33-107-85-119(73-49-95(107)25-1)145(120-74-50-96-26-2-10-34-108(96)86-120)115-65-57-103(58-66-115)127-41-17-21-45-131(127)139-93-140(132-46-22-18-42-128(132)104-59-67-116(68-60-104)146(121-75-51-97-27-3-11-35-109(97)87-121)122-76-52-98-28-4-12-36-110(98)88-122)136-83-84-138-142(134-48-24-20-44-130(134)106-63-71-118(72-64-106)148(125-79-55-101-31-7-15-39-113(101)91-125)126-80-56-102-32-8-16-40-114(102)92-126)94-141(137-82-81-135(139)143(136)144(137)138)133-47-23-19-43-129(133)105-61-69-117(70-62-105)147(123-77-53-99-29-5-13-37-111(99)89-123)124-78-54-100-30-6-14-38-112(100)90-124/h1-94H. The van der Waals surface area contributed by atoms with E-state index in [9.17, 15) is 0 Å². The summed E-state index contributed by atoms with van der Waals surface area (Å²) in [5, 5.41) is 26.1. The minimum absolute atomic E-state index is 1.06. The molecule has 0 spiro atoms. The van der Waals surface area contributed by atoms with Gasteiger partial charge in [0.05, 0.1) is 0 Å². The summed E-state index contributed by atoms with van der Waals surface area (Å²) >= 11 is 0. The molecule has 0 unspecified atom stereocenters. The Kier molecular flexibility index (Phi) is 21.3. The van der Waals surface area contributed by atoms with Crippen LogP contribution in [0.15, 0.2) is 570 Å². The predicted octanol–water partition coefficient (Wildman–Crippen LogP) is 41.0. The SMILES string of the molecule is c1ccc(-c2cc(-c3ccccc3-c3ccc(N(c4ccc5ccccc5c4)c4ccc5ccccc5c4)cc3)c3ccc4c(-c5ccccc5-c5ccc(N(c6ccc7ccccc7c6)c6ccc7ccccc7c6)cc5)cc(-c5ccccc5-c5ccc(N(c6ccc7ccccc7c6)c6ccc7ccccc7c6)cc5)c5ccc2c3c54)c(-c2ccc(N(c3ccc4ccccc4c3)c3ccc4ccccc4c3)cc2)c1. The van der Waals surface area contributed by atoms with Gasteiger partial charge in [0.1, 0.15) is 0 Å². The third kappa shape index (κ3) is 15.5. The monoisotopic (exact) mass is 1880 g/mol. The van der Waals surface area contributed by atoms with Gasteiger partial charge in [-0.15, -0.1) is 0 Å². The molecule has 0 N–H and O–H groups in total. The highest BCUT2D eigenvalue weighted by Crippen LogP contribution is 2.55. The molecule has 0 aliphatic heterocycles. The molecule has 0 bridgehead atoms. The molecule has 0 heterocycles. The molecule has 4 nitrogen and oxygen atoms in total. The van der Waals surface area contributed by atoms with Gasteiger partial charge in [0.15, 0.2) is 0 Å². The van der Waals surface area contributed by atoms with Crippen LogP contribution in [0.2, 0.25) is 0 Å². The van der Waals surface area contributed by atoms with Crippen LogP contribution in [0.4, 0.5) is 68.2 Å². The molecule has 0 aliphatic carbocycles. The molecule has 0 saturated carbocycles. The van der Waals surface area contributed by atoms with Crippen molar-refractivity contribution in [2.75, 3.05) is 19.6 Å². The van der Waals surface area contributed by atoms with Gasteiger partial charge < -0.3 is 19.6 Å². The largest absolute Gasteiger partial charge is 0.310 e. The van der Waals surface area contributed by atoms with E-state index in [2.05, 4.69) is 590 Å². The topological polar surface area (TPSA) is 13.0 Å². The molecule has 0 radical (unpaired) electrons. The van der Waals surface area contributed by atoms with E-state index in [0.717, 1.165) is 179 Å². The Balaban J connectivity index is 0.657. The van der Waals surface area contributed by atoms with E-state index in [0.29, 0.717) is 0 Å². The Labute approximate surface area is 859 Å². The van der Waals surface area contributed by atoms with Crippen molar-refractivity contribution in [1.29, 1.82) is 0 Å². The molecule has 0 saturated heterocycles. The van der Waals surface area contributed by atoms with Gasteiger partial charge >= 0.3 is 0 Å². The van der Waals surface area contributed by atoms with Gasteiger partial charge in [-0.05, 0) is 365 Å². The highest BCUT2D eigenvalue weighted by molar-refractivity contribution is 6.33. The first-order chi connectivity index (χ1) is 73.3. The van der Waals surface area contributed by atoms with Gasteiger partial charge in [-0.1, -0.05) is 413 Å². The van der Waals surface area contributed by atoms with Crippen LogP contribution >= 0.6 is 0 Å². The Morgan fingerprint density at radius 1 is 0.0878 bits per heavy atom. The summed E-state index contributed by atoms with van der Waals surface area (Å²) in [7, 11) is 0. The third-order valence-electron chi connectivity index (χ3n) is 30.4. The Hall–Kier alpha value is -19.5. The molecule has 148 heavy (non-hydrogen) atoms.